The average Bonchev–Trinajstić information content (AvgIpc) is 2.92. The van der Waals surface area contributed by atoms with E-state index >= 15 is 0 Å². The number of rotatable bonds is 1. The maximum absolute atomic E-state index is 14.0. The molecule has 0 heterocycles. The summed E-state index contributed by atoms with van der Waals surface area (Å²) in [5, 5.41) is 9.38. The molecule has 5 heteroatoms. The number of ether oxygens (including phenoxy) is 1. The van der Waals surface area contributed by atoms with Gasteiger partial charge in [-0.25, -0.2) is 8.78 Å². The van der Waals surface area contributed by atoms with E-state index in [9.17, 15) is 18.7 Å². The number of carbonyl (C=O) groups excluding carboxylic acids is 1. The van der Waals surface area contributed by atoms with E-state index in [0.717, 1.165) is 6.07 Å². The predicted molar refractivity (Wildman–Crippen MR) is 58.1 cm³/mol. The van der Waals surface area contributed by atoms with Crippen molar-refractivity contribution in [3.05, 3.63) is 28.8 Å². The molecule has 1 aromatic carbocycles. The van der Waals surface area contributed by atoms with E-state index in [2.05, 4.69) is 4.74 Å². The molecule has 3 nitrogen and oxygen atoms in total. The summed E-state index contributed by atoms with van der Waals surface area (Å²) in [6.07, 6.45) is 1.39. The van der Waals surface area contributed by atoms with Crippen LogP contribution in [0.4, 0.5) is 8.78 Å². The molecular formula is C13H12F2O3. The SMILES string of the molecule is COC(=O)[C@@H]1C[C@]12CCc1c(F)cc(O)c(F)c12. The highest BCUT2D eigenvalue weighted by molar-refractivity contribution is 5.80. The number of carbonyl (C=O) groups is 1. The summed E-state index contributed by atoms with van der Waals surface area (Å²) in [7, 11) is 1.28. The van der Waals surface area contributed by atoms with Gasteiger partial charge in [0.2, 0.25) is 0 Å². The van der Waals surface area contributed by atoms with Crippen molar-refractivity contribution >= 4 is 5.97 Å². The van der Waals surface area contributed by atoms with Crippen LogP contribution in [0.15, 0.2) is 6.07 Å². The van der Waals surface area contributed by atoms with Crippen LogP contribution in [0.5, 0.6) is 5.75 Å². The van der Waals surface area contributed by atoms with Crippen LogP contribution in [0.2, 0.25) is 0 Å². The largest absolute Gasteiger partial charge is 0.505 e. The van der Waals surface area contributed by atoms with Crippen LogP contribution in [-0.4, -0.2) is 18.2 Å². The molecule has 1 spiro atoms. The Morgan fingerprint density at radius 2 is 2.28 bits per heavy atom. The van der Waals surface area contributed by atoms with Crippen molar-refractivity contribution in [1.29, 1.82) is 0 Å². The topological polar surface area (TPSA) is 46.5 Å². The van der Waals surface area contributed by atoms with Gasteiger partial charge in [0, 0.05) is 17.0 Å². The highest BCUT2D eigenvalue weighted by Gasteiger charge is 2.64. The summed E-state index contributed by atoms with van der Waals surface area (Å²) in [6.45, 7) is 0. The molecule has 0 unspecified atom stereocenters. The first-order valence-electron chi connectivity index (χ1n) is 5.79. The highest BCUT2D eigenvalue weighted by atomic mass is 19.1. The molecule has 1 fully saturated rings. The van der Waals surface area contributed by atoms with Gasteiger partial charge < -0.3 is 9.84 Å². The second-order valence-corrected chi connectivity index (χ2v) is 4.98. The molecule has 18 heavy (non-hydrogen) atoms. The lowest BCUT2D eigenvalue weighted by atomic mass is 9.94. The summed E-state index contributed by atoms with van der Waals surface area (Å²) in [5.74, 6) is -2.90. The van der Waals surface area contributed by atoms with E-state index in [1.807, 2.05) is 0 Å². The van der Waals surface area contributed by atoms with Crippen LogP contribution in [-0.2, 0) is 21.4 Å². The van der Waals surface area contributed by atoms with Crippen LogP contribution in [0, 0.1) is 17.6 Å². The standard InChI is InChI=1S/C13H12F2O3/c1-18-12(17)7-5-13(7)3-2-6-8(14)4-9(16)11(15)10(6)13/h4,7,16H,2-3,5H2,1H3/t7-,13+/m0/s1. The Bertz CT molecular complexity index is 556. The van der Waals surface area contributed by atoms with Crippen LogP contribution >= 0.6 is 0 Å². The molecule has 2 aliphatic rings. The zero-order valence-electron chi connectivity index (χ0n) is 9.80. The van der Waals surface area contributed by atoms with Gasteiger partial charge in [-0.2, -0.15) is 0 Å². The minimum Gasteiger partial charge on any atom is -0.505 e. The van der Waals surface area contributed by atoms with Crippen molar-refractivity contribution in [2.45, 2.75) is 24.7 Å². The fourth-order valence-corrected chi connectivity index (χ4v) is 3.20. The number of phenolic OH excluding ortho intramolecular Hbond substituents is 1. The number of phenols is 1. The third-order valence-electron chi connectivity index (χ3n) is 4.18. The van der Waals surface area contributed by atoms with E-state index in [0.29, 0.717) is 19.3 Å². The third-order valence-corrected chi connectivity index (χ3v) is 4.18. The fourth-order valence-electron chi connectivity index (χ4n) is 3.20. The minimum absolute atomic E-state index is 0.176. The molecule has 0 aliphatic heterocycles. The van der Waals surface area contributed by atoms with Gasteiger partial charge in [0.05, 0.1) is 13.0 Å². The Morgan fingerprint density at radius 3 is 2.94 bits per heavy atom. The van der Waals surface area contributed by atoms with Crippen molar-refractivity contribution < 1.29 is 23.4 Å². The van der Waals surface area contributed by atoms with Crippen molar-refractivity contribution in [2.75, 3.05) is 7.11 Å². The summed E-state index contributed by atoms with van der Waals surface area (Å²) < 4.78 is 32.3. The molecule has 2 atom stereocenters. The van der Waals surface area contributed by atoms with Crippen molar-refractivity contribution in [3.8, 4) is 5.75 Å². The second-order valence-electron chi connectivity index (χ2n) is 4.98. The van der Waals surface area contributed by atoms with Crippen molar-refractivity contribution in [3.63, 3.8) is 0 Å². The van der Waals surface area contributed by atoms with Crippen molar-refractivity contribution in [1.82, 2.24) is 0 Å². The van der Waals surface area contributed by atoms with Gasteiger partial charge in [-0.05, 0) is 24.8 Å². The molecule has 1 N–H and O–H groups in total. The first-order valence-corrected chi connectivity index (χ1v) is 5.79. The Labute approximate surface area is 102 Å². The molecule has 0 saturated heterocycles. The van der Waals surface area contributed by atoms with Crippen LogP contribution in [0.25, 0.3) is 0 Å². The normalized spacial score (nSPS) is 28.3. The molecule has 0 amide bonds. The lowest BCUT2D eigenvalue weighted by Gasteiger charge is -2.12. The number of hydrogen-bond acceptors (Lipinski definition) is 3. The monoisotopic (exact) mass is 254 g/mol. The number of benzene rings is 1. The van der Waals surface area contributed by atoms with Gasteiger partial charge in [0.25, 0.3) is 0 Å². The Kier molecular flexibility index (Phi) is 2.18. The lowest BCUT2D eigenvalue weighted by Crippen LogP contribution is -2.15. The van der Waals surface area contributed by atoms with Crippen molar-refractivity contribution in [2.24, 2.45) is 5.92 Å². The molecule has 0 bridgehead atoms. The summed E-state index contributed by atoms with van der Waals surface area (Å²) in [6, 6.07) is 0.794. The fraction of sp³-hybridized carbons (Fsp3) is 0.462. The van der Waals surface area contributed by atoms with Gasteiger partial charge >= 0.3 is 5.97 Å². The molecule has 0 radical (unpaired) electrons. The number of hydrogen-bond donors (Lipinski definition) is 1. The molecule has 2 aliphatic carbocycles. The van der Waals surface area contributed by atoms with Gasteiger partial charge in [-0.3, -0.25) is 4.79 Å². The smallest absolute Gasteiger partial charge is 0.309 e. The zero-order chi connectivity index (χ0) is 13.1. The first-order chi connectivity index (χ1) is 8.51. The van der Waals surface area contributed by atoms with E-state index in [-0.39, 0.29) is 11.1 Å². The Morgan fingerprint density at radius 1 is 1.56 bits per heavy atom. The number of esters is 1. The lowest BCUT2D eigenvalue weighted by molar-refractivity contribution is -0.142. The maximum Gasteiger partial charge on any atom is 0.309 e. The summed E-state index contributed by atoms with van der Waals surface area (Å²) in [5.41, 5.74) is -0.196. The Hall–Kier alpha value is -1.65. The summed E-state index contributed by atoms with van der Waals surface area (Å²) in [4.78, 5) is 11.5. The number of methoxy groups -OCH3 is 1. The molecule has 96 valence electrons. The van der Waals surface area contributed by atoms with Crippen LogP contribution < -0.4 is 0 Å². The van der Waals surface area contributed by atoms with E-state index in [1.165, 1.54) is 7.11 Å². The van der Waals surface area contributed by atoms with Gasteiger partial charge in [-0.1, -0.05) is 0 Å². The number of aromatic hydroxyl groups is 1. The van der Waals surface area contributed by atoms with Crippen LogP contribution in [0.3, 0.4) is 0 Å². The molecule has 0 aromatic heterocycles. The number of fused-ring (bicyclic) bond motifs is 2. The maximum atomic E-state index is 14.0. The first kappa shape index (κ1) is 11.4. The van der Waals surface area contributed by atoms with Gasteiger partial charge in [0.1, 0.15) is 5.82 Å². The molecular weight excluding hydrogens is 242 g/mol. The molecule has 1 aromatic rings. The van der Waals surface area contributed by atoms with Gasteiger partial charge in [0.15, 0.2) is 11.6 Å². The van der Waals surface area contributed by atoms with Crippen LogP contribution in [0.1, 0.15) is 24.0 Å². The Balaban J connectivity index is 2.11. The highest BCUT2D eigenvalue weighted by Crippen LogP contribution is 2.63. The quantitative estimate of drug-likeness (QED) is 0.780. The second kappa shape index (κ2) is 3.43. The summed E-state index contributed by atoms with van der Waals surface area (Å²) >= 11 is 0. The third kappa shape index (κ3) is 1.24. The minimum atomic E-state index is -0.796. The number of halogens is 2. The van der Waals surface area contributed by atoms with Gasteiger partial charge in [-0.15, -0.1) is 0 Å². The molecule has 1 saturated carbocycles. The van der Waals surface area contributed by atoms with E-state index in [4.69, 9.17) is 0 Å². The molecule has 3 rings (SSSR count). The van der Waals surface area contributed by atoms with E-state index < -0.39 is 34.7 Å². The predicted octanol–water partition coefficient (Wildman–Crippen LogP) is 2.05. The average molecular weight is 254 g/mol. The zero-order valence-corrected chi connectivity index (χ0v) is 9.80. The van der Waals surface area contributed by atoms with E-state index in [1.54, 1.807) is 0 Å².